The van der Waals surface area contributed by atoms with Crippen LogP contribution in [0.1, 0.15) is 35.9 Å². The number of hydrogen-bond donors (Lipinski definition) is 3. The minimum atomic E-state index is 0.666. The maximum absolute atomic E-state index is 5.54. The summed E-state index contributed by atoms with van der Waals surface area (Å²) in [5.41, 5.74) is 5.91. The molecule has 2 heterocycles. The lowest BCUT2D eigenvalue weighted by atomic mass is 10.1. The van der Waals surface area contributed by atoms with Crippen LogP contribution < -0.4 is 16.6 Å². The van der Waals surface area contributed by atoms with Gasteiger partial charge >= 0.3 is 0 Å². The fourth-order valence-corrected chi connectivity index (χ4v) is 2.07. The molecule has 2 aromatic heterocycles. The van der Waals surface area contributed by atoms with E-state index in [0.29, 0.717) is 12.4 Å². The lowest BCUT2D eigenvalue weighted by Crippen LogP contribution is -2.15. The van der Waals surface area contributed by atoms with Gasteiger partial charge in [-0.1, -0.05) is 6.92 Å². The van der Waals surface area contributed by atoms with Gasteiger partial charge in [0, 0.05) is 30.9 Å². The molecule has 0 fully saturated rings. The highest BCUT2D eigenvalue weighted by Gasteiger charge is 2.10. The number of nitrogens with zero attached hydrogens (tertiary/aromatic N) is 3. The van der Waals surface area contributed by atoms with Crippen molar-refractivity contribution in [3.05, 3.63) is 41.0 Å². The largest absolute Gasteiger partial charge is 0.366 e. The van der Waals surface area contributed by atoms with Crippen LogP contribution in [0.3, 0.4) is 0 Å². The van der Waals surface area contributed by atoms with Gasteiger partial charge in [-0.3, -0.25) is 4.98 Å². The van der Waals surface area contributed by atoms with E-state index in [9.17, 15) is 0 Å². The molecule has 0 amide bonds. The van der Waals surface area contributed by atoms with Crippen LogP contribution in [0.5, 0.6) is 0 Å². The zero-order valence-electron chi connectivity index (χ0n) is 12.8. The Morgan fingerprint density at radius 3 is 2.62 bits per heavy atom. The van der Waals surface area contributed by atoms with Crippen molar-refractivity contribution in [1.29, 1.82) is 0 Å². The van der Waals surface area contributed by atoms with Gasteiger partial charge in [0.2, 0.25) is 0 Å². The molecule has 4 N–H and O–H groups in total. The Labute approximate surface area is 125 Å². The van der Waals surface area contributed by atoms with Crippen molar-refractivity contribution in [2.45, 2.75) is 40.2 Å². The second-order valence-electron chi connectivity index (χ2n) is 5.01. The summed E-state index contributed by atoms with van der Waals surface area (Å²) in [6, 6.07) is 2.00. The van der Waals surface area contributed by atoms with E-state index < -0.39 is 0 Å². The van der Waals surface area contributed by atoms with E-state index in [-0.39, 0.29) is 0 Å². The van der Waals surface area contributed by atoms with Gasteiger partial charge in [-0.05, 0) is 37.5 Å². The SMILES string of the molecule is CCCc1nc(NN)c(C)c(NCc2cnccc2C)n1. The van der Waals surface area contributed by atoms with Crippen LogP contribution in [0.15, 0.2) is 18.5 Å². The molecule has 0 spiro atoms. The minimum absolute atomic E-state index is 0.666. The van der Waals surface area contributed by atoms with Crippen molar-refractivity contribution >= 4 is 11.6 Å². The molecule has 112 valence electrons. The van der Waals surface area contributed by atoms with E-state index in [4.69, 9.17) is 5.84 Å². The average molecular weight is 286 g/mol. The smallest absolute Gasteiger partial charge is 0.148 e. The van der Waals surface area contributed by atoms with E-state index in [1.165, 1.54) is 5.56 Å². The zero-order valence-corrected chi connectivity index (χ0v) is 12.8. The summed E-state index contributed by atoms with van der Waals surface area (Å²) in [5, 5.41) is 3.36. The minimum Gasteiger partial charge on any atom is -0.366 e. The van der Waals surface area contributed by atoms with E-state index >= 15 is 0 Å². The lowest BCUT2D eigenvalue weighted by Gasteiger charge is -2.14. The van der Waals surface area contributed by atoms with E-state index in [1.54, 1.807) is 6.20 Å². The molecule has 0 aliphatic rings. The van der Waals surface area contributed by atoms with E-state index in [1.807, 2.05) is 19.2 Å². The Morgan fingerprint density at radius 2 is 1.95 bits per heavy atom. The summed E-state index contributed by atoms with van der Waals surface area (Å²) < 4.78 is 0. The Hall–Kier alpha value is -2.21. The number of nitrogen functional groups attached to an aromatic ring is 1. The molecule has 6 heteroatoms. The highest BCUT2D eigenvalue weighted by atomic mass is 15.3. The Bertz CT molecular complexity index is 611. The van der Waals surface area contributed by atoms with Gasteiger partial charge in [0.25, 0.3) is 0 Å². The number of aryl methyl sites for hydroxylation is 2. The van der Waals surface area contributed by atoms with Crippen molar-refractivity contribution in [2.75, 3.05) is 10.7 Å². The maximum atomic E-state index is 5.54. The zero-order chi connectivity index (χ0) is 15.2. The van der Waals surface area contributed by atoms with Gasteiger partial charge in [-0.2, -0.15) is 0 Å². The quantitative estimate of drug-likeness (QED) is 0.558. The van der Waals surface area contributed by atoms with Gasteiger partial charge in [0.15, 0.2) is 0 Å². The monoisotopic (exact) mass is 286 g/mol. The predicted octanol–water partition coefficient (Wildman–Crippen LogP) is 2.34. The fraction of sp³-hybridized carbons (Fsp3) is 0.400. The van der Waals surface area contributed by atoms with Crippen LogP contribution in [0.25, 0.3) is 0 Å². The van der Waals surface area contributed by atoms with Crippen LogP contribution in [-0.2, 0) is 13.0 Å². The standard InChI is InChI=1S/C15H22N6/c1-4-5-13-19-14(11(3)15(20-13)21-16)18-9-12-8-17-7-6-10(12)2/h6-8H,4-5,9,16H2,1-3H3,(H2,18,19,20,21). The first-order chi connectivity index (χ1) is 10.2. The molecule has 0 aliphatic carbocycles. The van der Waals surface area contributed by atoms with Crippen LogP contribution in [-0.4, -0.2) is 15.0 Å². The van der Waals surface area contributed by atoms with Crippen molar-refractivity contribution in [1.82, 2.24) is 15.0 Å². The summed E-state index contributed by atoms with van der Waals surface area (Å²) in [6.45, 7) is 6.79. The highest BCUT2D eigenvalue weighted by Crippen LogP contribution is 2.20. The number of hydrogen-bond acceptors (Lipinski definition) is 6. The van der Waals surface area contributed by atoms with Crippen molar-refractivity contribution in [3.63, 3.8) is 0 Å². The molecule has 0 aliphatic heterocycles. The first-order valence-electron chi connectivity index (χ1n) is 7.13. The second kappa shape index (κ2) is 6.99. The first kappa shape index (κ1) is 15.2. The van der Waals surface area contributed by atoms with Crippen LogP contribution in [0.4, 0.5) is 11.6 Å². The third-order valence-corrected chi connectivity index (χ3v) is 3.40. The molecule has 21 heavy (non-hydrogen) atoms. The molecule has 6 nitrogen and oxygen atoms in total. The first-order valence-corrected chi connectivity index (χ1v) is 7.13. The third kappa shape index (κ3) is 3.66. The van der Waals surface area contributed by atoms with Gasteiger partial charge in [-0.25, -0.2) is 15.8 Å². The molecule has 2 aromatic rings. The van der Waals surface area contributed by atoms with Gasteiger partial charge in [-0.15, -0.1) is 0 Å². The summed E-state index contributed by atoms with van der Waals surface area (Å²) in [5.74, 6) is 7.81. The second-order valence-corrected chi connectivity index (χ2v) is 5.01. The normalized spacial score (nSPS) is 10.5. The van der Waals surface area contributed by atoms with E-state index in [2.05, 4.69) is 39.5 Å². The molecular formula is C15H22N6. The Morgan fingerprint density at radius 1 is 1.19 bits per heavy atom. The summed E-state index contributed by atoms with van der Waals surface area (Å²) >= 11 is 0. The van der Waals surface area contributed by atoms with Crippen molar-refractivity contribution in [2.24, 2.45) is 5.84 Å². The number of rotatable bonds is 6. The van der Waals surface area contributed by atoms with Crippen LogP contribution >= 0.6 is 0 Å². The topological polar surface area (TPSA) is 88.8 Å². The summed E-state index contributed by atoms with van der Waals surface area (Å²) in [4.78, 5) is 13.1. The maximum Gasteiger partial charge on any atom is 0.148 e. The molecular weight excluding hydrogens is 264 g/mol. The molecule has 0 radical (unpaired) electrons. The Kier molecular flexibility index (Phi) is 5.05. The Balaban J connectivity index is 2.22. The highest BCUT2D eigenvalue weighted by molar-refractivity contribution is 5.57. The summed E-state index contributed by atoms with van der Waals surface area (Å²) in [7, 11) is 0. The number of nitrogens with two attached hydrogens (primary N) is 1. The molecule has 0 aromatic carbocycles. The lowest BCUT2D eigenvalue weighted by molar-refractivity contribution is 0.830. The molecule has 0 saturated heterocycles. The predicted molar refractivity (Wildman–Crippen MR) is 84.9 cm³/mol. The number of anilines is 2. The summed E-state index contributed by atoms with van der Waals surface area (Å²) in [6.07, 6.45) is 5.49. The van der Waals surface area contributed by atoms with E-state index in [0.717, 1.165) is 35.6 Å². The molecule has 0 atom stereocenters. The number of pyridine rings is 1. The average Bonchev–Trinajstić information content (AvgIpc) is 2.49. The number of aromatic nitrogens is 3. The molecule has 2 rings (SSSR count). The van der Waals surface area contributed by atoms with Crippen molar-refractivity contribution in [3.8, 4) is 0 Å². The number of nitrogens with one attached hydrogen (secondary N) is 2. The molecule has 0 saturated carbocycles. The fourth-order valence-electron chi connectivity index (χ4n) is 2.07. The van der Waals surface area contributed by atoms with Gasteiger partial charge in [0.05, 0.1) is 0 Å². The molecule has 0 bridgehead atoms. The van der Waals surface area contributed by atoms with Gasteiger partial charge in [0.1, 0.15) is 17.5 Å². The van der Waals surface area contributed by atoms with Crippen molar-refractivity contribution < 1.29 is 0 Å². The van der Waals surface area contributed by atoms with Gasteiger partial charge < -0.3 is 10.7 Å². The van der Waals surface area contributed by atoms with Crippen LogP contribution in [0, 0.1) is 13.8 Å². The molecule has 0 unspecified atom stereocenters. The third-order valence-electron chi connectivity index (χ3n) is 3.40. The van der Waals surface area contributed by atoms with Crippen LogP contribution in [0.2, 0.25) is 0 Å². The number of hydrazine groups is 1.